The van der Waals surface area contributed by atoms with Gasteiger partial charge >= 0.3 is 5.97 Å². The fourth-order valence-electron chi connectivity index (χ4n) is 3.12. The van der Waals surface area contributed by atoms with Gasteiger partial charge < -0.3 is 24.1 Å². The molecule has 0 radical (unpaired) electrons. The molecule has 6 heteroatoms. The molecule has 1 saturated heterocycles. The smallest absolute Gasteiger partial charge is 0.305 e. The summed E-state index contributed by atoms with van der Waals surface area (Å²) in [5.41, 5.74) is 1.08. The van der Waals surface area contributed by atoms with E-state index in [9.17, 15) is 9.90 Å². The standard InChI is InChI=1S/C20H30O6/c1-14-15(2)19(25-13-16-8-5-4-6-9-16)20(26-17(14)12-21)24-11-7-10-18(22)23-3/h4-6,8-9,14-15,17,19-21H,7,10-13H2,1-3H3/t14-,15+,17?,19?,20-/m1/s1. The highest BCUT2D eigenvalue weighted by Crippen LogP contribution is 2.33. The third-order valence-electron chi connectivity index (χ3n) is 5.01. The lowest BCUT2D eigenvalue weighted by Crippen LogP contribution is -2.52. The number of esters is 1. The highest BCUT2D eigenvalue weighted by molar-refractivity contribution is 5.68. The van der Waals surface area contributed by atoms with Gasteiger partial charge in [-0.25, -0.2) is 0 Å². The van der Waals surface area contributed by atoms with E-state index >= 15 is 0 Å². The van der Waals surface area contributed by atoms with E-state index in [0.29, 0.717) is 26.1 Å². The van der Waals surface area contributed by atoms with Gasteiger partial charge in [0, 0.05) is 6.42 Å². The Morgan fingerprint density at radius 3 is 2.54 bits per heavy atom. The van der Waals surface area contributed by atoms with Crippen molar-refractivity contribution in [2.24, 2.45) is 11.8 Å². The normalized spacial score (nSPS) is 28.7. The van der Waals surface area contributed by atoms with E-state index in [4.69, 9.17) is 14.2 Å². The monoisotopic (exact) mass is 366 g/mol. The van der Waals surface area contributed by atoms with E-state index in [1.165, 1.54) is 7.11 Å². The van der Waals surface area contributed by atoms with E-state index < -0.39 is 6.29 Å². The lowest BCUT2D eigenvalue weighted by atomic mass is 9.83. The highest BCUT2D eigenvalue weighted by atomic mass is 16.7. The van der Waals surface area contributed by atoms with Gasteiger partial charge in [0.1, 0.15) is 6.10 Å². The van der Waals surface area contributed by atoms with Crippen LogP contribution in [0.1, 0.15) is 32.3 Å². The number of hydrogen-bond acceptors (Lipinski definition) is 6. The summed E-state index contributed by atoms with van der Waals surface area (Å²) in [5, 5.41) is 9.58. The number of hydrogen-bond donors (Lipinski definition) is 1. The molecular weight excluding hydrogens is 336 g/mol. The Morgan fingerprint density at radius 1 is 1.15 bits per heavy atom. The fraction of sp³-hybridized carbons (Fsp3) is 0.650. The van der Waals surface area contributed by atoms with E-state index in [1.54, 1.807) is 0 Å². The Kier molecular flexibility index (Phi) is 8.51. The maximum atomic E-state index is 11.2. The van der Waals surface area contributed by atoms with Gasteiger partial charge in [0.15, 0.2) is 6.29 Å². The first-order valence-electron chi connectivity index (χ1n) is 9.17. The van der Waals surface area contributed by atoms with Crippen molar-refractivity contribution >= 4 is 5.97 Å². The molecule has 0 amide bonds. The average molecular weight is 366 g/mol. The summed E-state index contributed by atoms with van der Waals surface area (Å²) in [6.07, 6.45) is -0.252. The number of rotatable bonds is 9. The van der Waals surface area contributed by atoms with E-state index in [2.05, 4.69) is 18.6 Å². The van der Waals surface area contributed by atoms with Gasteiger partial charge in [-0.15, -0.1) is 0 Å². The van der Waals surface area contributed by atoms with Crippen molar-refractivity contribution in [3.05, 3.63) is 35.9 Å². The molecule has 0 aromatic heterocycles. The van der Waals surface area contributed by atoms with Gasteiger partial charge in [0.25, 0.3) is 0 Å². The van der Waals surface area contributed by atoms with Crippen molar-refractivity contribution in [3.63, 3.8) is 0 Å². The van der Waals surface area contributed by atoms with Crippen molar-refractivity contribution in [3.8, 4) is 0 Å². The second-order valence-electron chi connectivity index (χ2n) is 6.76. The van der Waals surface area contributed by atoms with Gasteiger partial charge in [0.05, 0.1) is 33.0 Å². The van der Waals surface area contributed by atoms with Crippen molar-refractivity contribution in [1.82, 2.24) is 0 Å². The molecule has 1 aliphatic heterocycles. The van der Waals surface area contributed by atoms with Gasteiger partial charge in [-0.3, -0.25) is 4.79 Å². The van der Waals surface area contributed by atoms with Crippen molar-refractivity contribution in [2.45, 2.75) is 51.8 Å². The van der Waals surface area contributed by atoms with Crippen molar-refractivity contribution in [1.29, 1.82) is 0 Å². The molecule has 1 N–H and O–H groups in total. The number of methoxy groups -OCH3 is 1. The molecule has 2 unspecified atom stereocenters. The van der Waals surface area contributed by atoms with Gasteiger partial charge in [-0.1, -0.05) is 44.2 Å². The van der Waals surface area contributed by atoms with E-state index in [0.717, 1.165) is 5.56 Å². The van der Waals surface area contributed by atoms with Crippen LogP contribution in [0, 0.1) is 11.8 Å². The number of carbonyl (C=O) groups excluding carboxylic acids is 1. The van der Waals surface area contributed by atoms with Crippen LogP contribution in [-0.2, 0) is 30.3 Å². The van der Waals surface area contributed by atoms with Crippen LogP contribution >= 0.6 is 0 Å². The van der Waals surface area contributed by atoms with Crippen LogP contribution in [0.2, 0.25) is 0 Å². The summed E-state index contributed by atoms with van der Waals surface area (Å²) in [7, 11) is 1.37. The Morgan fingerprint density at radius 2 is 1.88 bits per heavy atom. The lowest BCUT2D eigenvalue weighted by Gasteiger charge is -2.43. The minimum absolute atomic E-state index is 0.0566. The quantitative estimate of drug-likeness (QED) is 0.535. The van der Waals surface area contributed by atoms with Crippen molar-refractivity contribution in [2.75, 3.05) is 20.3 Å². The molecule has 5 atom stereocenters. The van der Waals surface area contributed by atoms with Crippen LogP contribution in [0.15, 0.2) is 30.3 Å². The second-order valence-corrected chi connectivity index (χ2v) is 6.76. The van der Waals surface area contributed by atoms with Crippen LogP contribution in [-0.4, -0.2) is 49.9 Å². The summed E-state index contributed by atoms with van der Waals surface area (Å²) in [6.45, 7) is 4.93. The Balaban J connectivity index is 1.95. The number of benzene rings is 1. The largest absolute Gasteiger partial charge is 0.469 e. The highest BCUT2D eigenvalue weighted by Gasteiger charge is 2.42. The summed E-state index contributed by atoms with van der Waals surface area (Å²) < 4.78 is 22.6. The molecule has 1 heterocycles. The van der Waals surface area contributed by atoms with Gasteiger partial charge in [0.2, 0.25) is 0 Å². The lowest BCUT2D eigenvalue weighted by molar-refractivity contribution is -0.287. The topological polar surface area (TPSA) is 74.2 Å². The van der Waals surface area contributed by atoms with Crippen LogP contribution in [0.3, 0.4) is 0 Å². The summed E-state index contributed by atoms with van der Waals surface area (Å²) in [4.78, 5) is 11.2. The zero-order chi connectivity index (χ0) is 18.9. The first-order valence-corrected chi connectivity index (χ1v) is 9.17. The number of aliphatic hydroxyl groups is 1. The number of carbonyl (C=O) groups is 1. The fourth-order valence-corrected chi connectivity index (χ4v) is 3.12. The van der Waals surface area contributed by atoms with E-state index in [-0.39, 0.29) is 36.6 Å². The first kappa shape index (κ1) is 20.8. The minimum Gasteiger partial charge on any atom is -0.469 e. The SMILES string of the molecule is COC(=O)CCCO[C@@H]1OC(CO)[C@H](C)[C@H](C)C1OCc1ccccc1. The third-order valence-corrected chi connectivity index (χ3v) is 5.01. The molecule has 0 spiro atoms. The molecular formula is C20H30O6. The van der Waals surface area contributed by atoms with Crippen LogP contribution in [0.5, 0.6) is 0 Å². The predicted octanol–water partition coefficient (Wildman–Crippen LogP) is 2.53. The third kappa shape index (κ3) is 5.77. The average Bonchev–Trinajstić information content (AvgIpc) is 2.67. The van der Waals surface area contributed by atoms with Gasteiger partial charge in [-0.2, -0.15) is 0 Å². The van der Waals surface area contributed by atoms with E-state index in [1.807, 2.05) is 30.3 Å². The molecule has 0 saturated carbocycles. The maximum Gasteiger partial charge on any atom is 0.305 e. The zero-order valence-electron chi connectivity index (χ0n) is 15.8. The summed E-state index contributed by atoms with van der Waals surface area (Å²) in [5.74, 6) is 0.0520. The molecule has 0 bridgehead atoms. The summed E-state index contributed by atoms with van der Waals surface area (Å²) in [6, 6.07) is 9.95. The minimum atomic E-state index is -0.570. The molecule has 0 aliphatic carbocycles. The maximum absolute atomic E-state index is 11.2. The second kappa shape index (κ2) is 10.6. The van der Waals surface area contributed by atoms with Crippen LogP contribution < -0.4 is 0 Å². The zero-order valence-corrected chi connectivity index (χ0v) is 15.8. The molecule has 6 nitrogen and oxygen atoms in total. The Labute approximate surface area is 155 Å². The first-order chi connectivity index (χ1) is 12.6. The number of ether oxygens (including phenoxy) is 4. The van der Waals surface area contributed by atoms with Crippen LogP contribution in [0.25, 0.3) is 0 Å². The summed E-state index contributed by atoms with van der Waals surface area (Å²) >= 11 is 0. The van der Waals surface area contributed by atoms with Crippen LogP contribution in [0.4, 0.5) is 0 Å². The van der Waals surface area contributed by atoms with Crippen molar-refractivity contribution < 1.29 is 28.8 Å². The molecule has 1 aromatic rings. The molecule has 1 fully saturated rings. The molecule has 1 aliphatic rings. The molecule has 2 rings (SSSR count). The number of aliphatic hydroxyl groups excluding tert-OH is 1. The molecule has 26 heavy (non-hydrogen) atoms. The predicted molar refractivity (Wildman–Crippen MR) is 96.3 cm³/mol. The Hall–Kier alpha value is -1.47. The molecule has 1 aromatic carbocycles. The molecule has 146 valence electrons. The van der Waals surface area contributed by atoms with Gasteiger partial charge in [-0.05, 0) is 23.8 Å². The Bertz CT molecular complexity index is 534.